The smallest absolute Gasteiger partial charge is 0.170 e. The number of nitrogens with zero attached hydrogens (tertiary/aromatic N) is 6. The Kier molecular flexibility index (Phi) is 7.21. The van der Waals surface area contributed by atoms with Gasteiger partial charge in [0.15, 0.2) is 17.0 Å². The molecule has 39 heavy (non-hydrogen) atoms. The van der Waals surface area contributed by atoms with Crippen LogP contribution in [0.1, 0.15) is 18.4 Å². The van der Waals surface area contributed by atoms with Crippen LogP contribution in [-0.2, 0) is 6.54 Å². The van der Waals surface area contributed by atoms with Gasteiger partial charge in [-0.3, -0.25) is 9.47 Å². The molecule has 0 atom stereocenters. The van der Waals surface area contributed by atoms with Crippen molar-refractivity contribution in [3.05, 3.63) is 101 Å². The molecule has 1 saturated heterocycles. The Morgan fingerprint density at radius 2 is 1.64 bits per heavy atom. The average molecular weight is 561 g/mol. The van der Waals surface area contributed by atoms with Crippen LogP contribution in [-0.4, -0.2) is 50.6 Å². The largest absolute Gasteiger partial charge is 0.355 e. The normalized spacial score (nSPS) is 14.4. The number of imidazole rings is 1. The third-order valence-electron chi connectivity index (χ3n) is 7.36. The van der Waals surface area contributed by atoms with E-state index >= 15 is 0 Å². The van der Waals surface area contributed by atoms with Gasteiger partial charge in [0.05, 0.1) is 5.02 Å². The maximum atomic E-state index is 13.3. The van der Waals surface area contributed by atoms with E-state index in [4.69, 9.17) is 33.2 Å². The van der Waals surface area contributed by atoms with Crippen molar-refractivity contribution < 1.29 is 4.39 Å². The standard InChI is InChI=1S/C30H27Cl2FN6/c1-37(18-20-6-10-22(33)11-7-20)23-14-16-38(17-15-23)29-27-30(35-19-34-29)39(24-12-8-21(31)9-13-24)28(36-27)25-4-2-3-5-26(25)32/h2-13,19,23H,14-18H2,1H3. The summed E-state index contributed by atoms with van der Waals surface area (Å²) in [4.78, 5) is 19.1. The number of halogens is 3. The van der Waals surface area contributed by atoms with Crippen LogP contribution < -0.4 is 4.90 Å². The topological polar surface area (TPSA) is 50.1 Å². The van der Waals surface area contributed by atoms with E-state index in [-0.39, 0.29) is 5.82 Å². The first-order valence-corrected chi connectivity index (χ1v) is 13.7. The van der Waals surface area contributed by atoms with E-state index < -0.39 is 0 Å². The zero-order valence-electron chi connectivity index (χ0n) is 21.4. The molecule has 6 rings (SSSR count). The Labute approximate surface area is 236 Å². The van der Waals surface area contributed by atoms with Crippen molar-refractivity contribution in [2.24, 2.45) is 0 Å². The second-order valence-corrected chi connectivity index (χ2v) is 10.7. The maximum absolute atomic E-state index is 13.3. The van der Waals surface area contributed by atoms with Gasteiger partial charge in [0.25, 0.3) is 0 Å². The van der Waals surface area contributed by atoms with E-state index in [0.717, 1.165) is 60.6 Å². The van der Waals surface area contributed by atoms with Crippen molar-refractivity contribution in [2.45, 2.75) is 25.4 Å². The monoisotopic (exact) mass is 560 g/mol. The van der Waals surface area contributed by atoms with Crippen molar-refractivity contribution in [3.8, 4) is 17.1 Å². The van der Waals surface area contributed by atoms with E-state index in [2.05, 4.69) is 21.8 Å². The molecule has 1 aliphatic rings. The predicted octanol–water partition coefficient (Wildman–Crippen LogP) is 7.03. The lowest BCUT2D eigenvalue weighted by molar-refractivity contribution is 0.200. The van der Waals surface area contributed by atoms with Gasteiger partial charge in [0.2, 0.25) is 0 Å². The van der Waals surface area contributed by atoms with Gasteiger partial charge in [0.1, 0.15) is 18.0 Å². The molecule has 3 heterocycles. The minimum atomic E-state index is -0.206. The second-order valence-electron chi connectivity index (χ2n) is 9.86. The first-order valence-electron chi connectivity index (χ1n) is 12.9. The predicted molar refractivity (Wildman–Crippen MR) is 155 cm³/mol. The summed E-state index contributed by atoms with van der Waals surface area (Å²) in [5.74, 6) is 1.32. The van der Waals surface area contributed by atoms with Gasteiger partial charge in [-0.15, -0.1) is 0 Å². The van der Waals surface area contributed by atoms with Crippen LogP contribution in [0.25, 0.3) is 28.2 Å². The zero-order chi connectivity index (χ0) is 26.9. The van der Waals surface area contributed by atoms with Gasteiger partial charge < -0.3 is 4.90 Å². The molecular weight excluding hydrogens is 534 g/mol. The van der Waals surface area contributed by atoms with Gasteiger partial charge in [0, 0.05) is 41.9 Å². The van der Waals surface area contributed by atoms with Crippen LogP contribution >= 0.6 is 23.2 Å². The number of rotatable bonds is 6. The molecule has 0 saturated carbocycles. The summed E-state index contributed by atoms with van der Waals surface area (Å²) in [7, 11) is 2.14. The molecule has 1 aliphatic heterocycles. The summed E-state index contributed by atoms with van der Waals surface area (Å²) in [6, 6.07) is 22.5. The number of piperidine rings is 1. The summed E-state index contributed by atoms with van der Waals surface area (Å²) < 4.78 is 15.3. The molecule has 1 fully saturated rings. The first-order chi connectivity index (χ1) is 19.0. The Morgan fingerprint density at radius 3 is 2.36 bits per heavy atom. The van der Waals surface area contributed by atoms with Crippen LogP contribution in [0.15, 0.2) is 79.1 Å². The minimum Gasteiger partial charge on any atom is -0.355 e. The van der Waals surface area contributed by atoms with Gasteiger partial charge >= 0.3 is 0 Å². The first kappa shape index (κ1) is 25.7. The fraction of sp³-hybridized carbons (Fsp3) is 0.233. The van der Waals surface area contributed by atoms with Crippen molar-refractivity contribution >= 4 is 40.2 Å². The summed E-state index contributed by atoms with van der Waals surface area (Å²) in [6.45, 7) is 2.48. The highest BCUT2D eigenvalue weighted by Crippen LogP contribution is 2.35. The van der Waals surface area contributed by atoms with Crippen LogP contribution in [0.3, 0.4) is 0 Å². The third-order valence-corrected chi connectivity index (χ3v) is 7.94. The lowest BCUT2D eigenvalue weighted by Crippen LogP contribution is -2.43. The number of anilines is 1. The molecule has 0 amide bonds. The van der Waals surface area contributed by atoms with Crippen LogP contribution in [0.5, 0.6) is 0 Å². The fourth-order valence-corrected chi connectivity index (χ4v) is 5.64. The van der Waals surface area contributed by atoms with Crippen molar-refractivity contribution in [1.29, 1.82) is 0 Å². The highest BCUT2D eigenvalue weighted by molar-refractivity contribution is 6.33. The average Bonchev–Trinajstić information content (AvgIpc) is 3.34. The van der Waals surface area contributed by atoms with E-state index in [1.54, 1.807) is 6.33 Å². The summed E-state index contributed by atoms with van der Waals surface area (Å²) in [6.07, 6.45) is 3.58. The Morgan fingerprint density at radius 1 is 0.923 bits per heavy atom. The lowest BCUT2D eigenvalue weighted by atomic mass is 10.0. The Bertz CT molecular complexity index is 1590. The molecule has 0 radical (unpaired) electrons. The Balaban J connectivity index is 1.31. The maximum Gasteiger partial charge on any atom is 0.170 e. The van der Waals surface area contributed by atoms with Crippen molar-refractivity contribution in [2.75, 3.05) is 25.0 Å². The number of aromatic nitrogens is 4. The second kappa shape index (κ2) is 10.9. The van der Waals surface area contributed by atoms with Crippen LogP contribution in [0.2, 0.25) is 10.0 Å². The van der Waals surface area contributed by atoms with E-state index in [0.29, 0.717) is 27.6 Å². The summed E-state index contributed by atoms with van der Waals surface area (Å²) in [5.41, 5.74) is 4.27. The molecule has 0 spiro atoms. The molecule has 5 aromatic rings. The van der Waals surface area contributed by atoms with E-state index in [1.165, 1.54) is 12.1 Å². The summed E-state index contributed by atoms with van der Waals surface area (Å²) >= 11 is 12.8. The fourth-order valence-electron chi connectivity index (χ4n) is 5.30. The molecule has 3 aromatic carbocycles. The highest BCUT2D eigenvalue weighted by atomic mass is 35.5. The molecular formula is C30H27Cl2FN6. The molecule has 6 nitrogen and oxygen atoms in total. The molecule has 0 bridgehead atoms. The van der Waals surface area contributed by atoms with E-state index in [9.17, 15) is 4.39 Å². The van der Waals surface area contributed by atoms with Crippen molar-refractivity contribution in [1.82, 2.24) is 24.4 Å². The molecule has 2 aromatic heterocycles. The number of benzene rings is 3. The number of hydrogen-bond acceptors (Lipinski definition) is 5. The Hall–Kier alpha value is -3.52. The van der Waals surface area contributed by atoms with Gasteiger partial charge in [-0.05, 0) is 74.0 Å². The molecule has 0 unspecified atom stereocenters. The van der Waals surface area contributed by atoms with Gasteiger partial charge in [-0.25, -0.2) is 19.3 Å². The molecule has 0 N–H and O–H groups in total. The summed E-state index contributed by atoms with van der Waals surface area (Å²) in [5, 5.41) is 1.27. The highest BCUT2D eigenvalue weighted by Gasteiger charge is 2.27. The zero-order valence-corrected chi connectivity index (χ0v) is 22.9. The van der Waals surface area contributed by atoms with Gasteiger partial charge in [-0.1, -0.05) is 47.5 Å². The quantitative estimate of drug-likeness (QED) is 0.223. The molecule has 198 valence electrons. The minimum absolute atomic E-state index is 0.206. The van der Waals surface area contributed by atoms with Gasteiger partial charge in [-0.2, -0.15) is 0 Å². The lowest BCUT2D eigenvalue weighted by Gasteiger charge is -2.37. The molecule has 0 aliphatic carbocycles. The number of hydrogen-bond donors (Lipinski definition) is 0. The van der Waals surface area contributed by atoms with Crippen LogP contribution in [0, 0.1) is 5.82 Å². The van der Waals surface area contributed by atoms with Crippen molar-refractivity contribution in [3.63, 3.8) is 0 Å². The molecule has 9 heteroatoms. The number of fused-ring (bicyclic) bond motifs is 1. The van der Waals surface area contributed by atoms with E-state index in [1.807, 2.05) is 65.2 Å². The van der Waals surface area contributed by atoms with Crippen LogP contribution in [0.4, 0.5) is 10.2 Å². The SMILES string of the molecule is CN(Cc1ccc(F)cc1)C1CCN(c2ncnc3c2nc(-c2ccccc2Cl)n3-c2ccc(Cl)cc2)CC1. The third kappa shape index (κ3) is 5.22.